The molecule has 2 aliphatic rings. The number of hydrogen-bond acceptors (Lipinski definition) is 7. The van der Waals surface area contributed by atoms with Crippen LogP contribution in [0.2, 0.25) is 0 Å². The molecule has 4 aromatic rings. The lowest BCUT2D eigenvalue weighted by atomic mass is 9.89. The minimum absolute atomic E-state index is 0.0419. The van der Waals surface area contributed by atoms with Crippen LogP contribution in [0.3, 0.4) is 0 Å². The van der Waals surface area contributed by atoms with Crippen molar-refractivity contribution in [2.24, 2.45) is 0 Å². The van der Waals surface area contributed by atoms with Crippen LogP contribution in [0.5, 0.6) is 0 Å². The number of fused-ring (bicyclic) bond motifs is 3. The summed E-state index contributed by atoms with van der Waals surface area (Å²) in [7, 11) is 0. The quantitative estimate of drug-likeness (QED) is 0.359. The number of nitrogens with one attached hydrogen (secondary N) is 2. The van der Waals surface area contributed by atoms with Gasteiger partial charge in [-0.3, -0.25) is 15.0 Å². The van der Waals surface area contributed by atoms with Crippen LogP contribution in [0, 0.1) is 5.41 Å². The van der Waals surface area contributed by atoms with Crippen molar-refractivity contribution in [1.29, 1.82) is 5.41 Å². The van der Waals surface area contributed by atoms with E-state index in [0.29, 0.717) is 55.4 Å². The number of hydrogen-bond donors (Lipinski definition) is 2. The Bertz CT molecular complexity index is 1660. The Labute approximate surface area is 237 Å². The first-order valence-electron chi connectivity index (χ1n) is 13.7. The second-order valence-corrected chi connectivity index (χ2v) is 10.0. The van der Waals surface area contributed by atoms with E-state index in [1.807, 2.05) is 23.1 Å². The summed E-state index contributed by atoms with van der Waals surface area (Å²) in [5.74, 6) is 0.343. The monoisotopic (exact) mass is 546 g/mol. The van der Waals surface area contributed by atoms with E-state index in [9.17, 15) is 9.59 Å². The molecule has 2 N–H and O–H groups in total. The Morgan fingerprint density at radius 3 is 2.41 bits per heavy atom. The van der Waals surface area contributed by atoms with Crippen LogP contribution in [0.4, 0.5) is 11.6 Å². The van der Waals surface area contributed by atoms with Crippen LogP contribution >= 0.6 is 0 Å². The third-order valence-electron chi connectivity index (χ3n) is 7.40. The molecular formula is C31H30N8O2. The fourth-order valence-corrected chi connectivity index (χ4v) is 5.23. The molecule has 0 atom stereocenters. The lowest BCUT2D eigenvalue weighted by Gasteiger charge is -2.34. The number of anilines is 2. The van der Waals surface area contributed by atoms with E-state index in [1.165, 1.54) is 11.6 Å². The summed E-state index contributed by atoms with van der Waals surface area (Å²) in [5, 5.41) is 15.9. The van der Waals surface area contributed by atoms with Crippen molar-refractivity contribution < 1.29 is 9.59 Å². The van der Waals surface area contributed by atoms with Gasteiger partial charge in [0, 0.05) is 61.5 Å². The maximum absolute atomic E-state index is 13.0. The van der Waals surface area contributed by atoms with Crippen LogP contribution in [0.1, 0.15) is 21.5 Å². The molecule has 2 aromatic carbocycles. The number of carbonyl (C=O) groups excluding carboxylic acids is 2. The number of carbonyl (C=O) groups is 2. The molecule has 2 amide bonds. The van der Waals surface area contributed by atoms with Gasteiger partial charge in [0.05, 0.1) is 12.2 Å². The fourth-order valence-electron chi connectivity index (χ4n) is 5.23. The zero-order valence-corrected chi connectivity index (χ0v) is 22.5. The molecule has 0 bridgehead atoms. The van der Waals surface area contributed by atoms with Gasteiger partial charge in [-0.1, -0.05) is 30.3 Å². The summed E-state index contributed by atoms with van der Waals surface area (Å²) >= 11 is 0. The molecule has 10 heteroatoms. The van der Waals surface area contributed by atoms with E-state index in [1.54, 1.807) is 53.5 Å². The number of benzene rings is 2. The van der Waals surface area contributed by atoms with Crippen molar-refractivity contribution in [2.75, 3.05) is 36.4 Å². The highest BCUT2D eigenvalue weighted by Gasteiger charge is 2.23. The Morgan fingerprint density at radius 2 is 1.63 bits per heavy atom. The molecule has 0 spiro atoms. The van der Waals surface area contributed by atoms with Crippen molar-refractivity contribution in [1.82, 2.24) is 24.6 Å². The molecule has 6 rings (SSSR count). The molecule has 3 heterocycles. The Balaban J connectivity index is 1.03. The average molecular weight is 547 g/mol. The van der Waals surface area contributed by atoms with E-state index < -0.39 is 0 Å². The maximum atomic E-state index is 13.0. The summed E-state index contributed by atoms with van der Waals surface area (Å²) in [6.07, 6.45) is 8.39. The molecule has 41 heavy (non-hydrogen) atoms. The molecule has 10 nitrogen and oxygen atoms in total. The van der Waals surface area contributed by atoms with Gasteiger partial charge in [-0.05, 0) is 60.4 Å². The molecule has 206 valence electrons. The number of rotatable bonds is 6. The van der Waals surface area contributed by atoms with Gasteiger partial charge in [-0.25, -0.2) is 14.6 Å². The van der Waals surface area contributed by atoms with Gasteiger partial charge in [-0.2, -0.15) is 5.10 Å². The standard InChI is InChI=1S/C31H30N8O2/c32-27-21-24-9-8-22-5-1-2-6-26(22)29(24)36-39(27)16-3-7-28(40)35-25-12-10-23(11-13-25)30(41)37-17-19-38(20-18-37)31-33-14-4-15-34-31/h1-7,10-15,21,32H,8-9,16-20H2,(H,35,40)/b7-3+,32-27?. The molecule has 1 saturated heterocycles. The third-order valence-corrected chi connectivity index (χ3v) is 7.40. The van der Waals surface area contributed by atoms with E-state index >= 15 is 0 Å². The average Bonchev–Trinajstić information content (AvgIpc) is 3.02. The maximum Gasteiger partial charge on any atom is 0.253 e. The highest BCUT2D eigenvalue weighted by molar-refractivity contribution is 6.00. The number of nitrogens with zero attached hydrogens (tertiary/aromatic N) is 6. The van der Waals surface area contributed by atoms with Gasteiger partial charge in [0.1, 0.15) is 5.49 Å². The van der Waals surface area contributed by atoms with Crippen molar-refractivity contribution >= 4 is 23.5 Å². The summed E-state index contributed by atoms with van der Waals surface area (Å²) in [4.78, 5) is 38.0. The zero-order chi connectivity index (χ0) is 28.2. The third kappa shape index (κ3) is 5.76. The smallest absolute Gasteiger partial charge is 0.253 e. The van der Waals surface area contributed by atoms with E-state index in [-0.39, 0.29) is 11.8 Å². The Morgan fingerprint density at radius 1 is 0.902 bits per heavy atom. The van der Waals surface area contributed by atoms with Gasteiger partial charge in [-0.15, -0.1) is 0 Å². The van der Waals surface area contributed by atoms with E-state index in [0.717, 1.165) is 29.7 Å². The molecule has 1 aliphatic heterocycles. The number of aromatic nitrogens is 4. The van der Waals surface area contributed by atoms with Crippen molar-refractivity contribution in [3.8, 4) is 11.3 Å². The molecule has 0 unspecified atom stereocenters. The first-order valence-corrected chi connectivity index (χ1v) is 13.7. The van der Waals surface area contributed by atoms with Crippen molar-refractivity contribution in [2.45, 2.75) is 19.4 Å². The molecular weight excluding hydrogens is 516 g/mol. The number of piperazine rings is 1. The van der Waals surface area contributed by atoms with Crippen molar-refractivity contribution in [3.05, 3.63) is 107 Å². The second kappa shape index (κ2) is 11.5. The van der Waals surface area contributed by atoms with Gasteiger partial charge in [0.15, 0.2) is 0 Å². The largest absolute Gasteiger partial charge is 0.337 e. The van der Waals surface area contributed by atoms with Crippen LogP contribution < -0.4 is 15.7 Å². The number of aryl methyl sites for hydroxylation is 2. The van der Waals surface area contributed by atoms with Crippen molar-refractivity contribution in [3.63, 3.8) is 0 Å². The highest BCUT2D eigenvalue weighted by atomic mass is 16.2. The first-order chi connectivity index (χ1) is 20.0. The minimum Gasteiger partial charge on any atom is -0.337 e. The second-order valence-electron chi connectivity index (χ2n) is 10.0. The van der Waals surface area contributed by atoms with Gasteiger partial charge >= 0.3 is 0 Å². The van der Waals surface area contributed by atoms with Crippen LogP contribution in [-0.4, -0.2) is 62.6 Å². The summed E-state index contributed by atoms with van der Waals surface area (Å²) in [6.45, 7) is 2.82. The van der Waals surface area contributed by atoms with Gasteiger partial charge in [0.25, 0.3) is 5.91 Å². The predicted octanol–water partition coefficient (Wildman–Crippen LogP) is 3.08. The number of amides is 2. The van der Waals surface area contributed by atoms with Gasteiger partial charge < -0.3 is 15.1 Å². The van der Waals surface area contributed by atoms with E-state index in [4.69, 9.17) is 10.5 Å². The Kier molecular flexibility index (Phi) is 7.36. The lowest BCUT2D eigenvalue weighted by molar-refractivity contribution is -0.111. The number of allylic oxidation sites excluding steroid dienone is 1. The normalized spacial score (nSPS) is 14.4. The summed E-state index contributed by atoms with van der Waals surface area (Å²) < 4.78 is 1.60. The highest BCUT2D eigenvalue weighted by Crippen LogP contribution is 2.30. The lowest BCUT2D eigenvalue weighted by Crippen LogP contribution is -2.49. The zero-order valence-electron chi connectivity index (χ0n) is 22.5. The van der Waals surface area contributed by atoms with Crippen LogP contribution in [0.15, 0.2) is 85.2 Å². The first kappa shape index (κ1) is 26.1. The molecule has 0 radical (unpaired) electrons. The molecule has 1 aliphatic carbocycles. The topological polar surface area (TPSA) is 120 Å². The molecule has 1 fully saturated rings. The summed E-state index contributed by atoms with van der Waals surface area (Å²) in [6, 6.07) is 18.8. The minimum atomic E-state index is -0.293. The van der Waals surface area contributed by atoms with Crippen LogP contribution in [-0.2, 0) is 24.2 Å². The molecule has 2 aromatic heterocycles. The molecule has 0 saturated carbocycles. The predicted molar refractivity (Wildman–Crippen MR) is 155 cm³/mol. The SMILES string of the molecule is N=c1cc2c(nn1C/C=C/C(=O)Nc1ccc(C(=O)N3CCN(c4ncccn4)CC3)cc1)-c1ccccc1CC2. The van der Waals surface area contributed by atoms with Gasteiger partial charge in [0.2, 0.25) is 11.9 Å². The van der Waals surface area contributed by atoms with Crippen LogP contribution in [0.25, 0.3) is 11.3 Å². The fraction of sp³-hybridized carbons (Fsp3) is 0.226. The van der Waals surface area contributed by atoms with E-state index in [2.05, 4.69) is 32.3 Å². The summed E-state index contributed by atoms with van der Waals surface area (Å²) in [5.41, 5.74) is 5.83. The Hall–Kier alpha value is -5.12.